The van der Waals surface area contributed by atoms with Crippen LogP contribution in [0.4, 0.5) is 4.39 Å². The molecule has 20 heavy (non-hydrogen) atoms. The topological polar surface area (TPSA) is 53.1 Å². The molecule has 0 fully saturated rings. The van der Waals surface area contributed by atoms with Gasteiger partial charge in [-0.1, -0.05) is 23.7 Å². The zero-order valence-electron chi connectivity index (χ0n) is 10.2. The van der Waals surface area contributed by atoms with Crippen LogP contribution in [0.5, 0.6) is 5.75 Å². The second-order valence-corrected chi connectivity index (χ2v) is 4.81. The number of hydrogen-bond acceptors (Lipinski definition) is 2. The Morgan fingerprint density at radius 1 is 1.10 bits per heavy atom. The summed E-state index contributed by atoms with van der Waals surface area (Å²) in [6, 6.07) is 10.4. The summed E-state index contributed by atoms with van der Waals surface area (Å²) in [5, 5.41) is 11.2. The molecule has 0 aliphatic carbocycles. The van der Waals surface area contributed by atoms with Gasteiger partial charge in [0.05, 0.1) is 11.1 Å². The quantitative estimate of drug-likeness (QED) is 0.718. The molecular formula is C15H9ClFNO2. The van der Waals surface area contributed by atoms with Crippen LogP contribution in [0.15, 0.2) is 47.3 Å². The fourth-order valence-corrected chi connectivity index (χ4v) is 2.33. The van der Waals surface area contributed by atoms with E-state index in [9.17, 15) is 14.3 Å². The van der Waals surface area contributed by atoms with E-state index in [1.165, 1.54) is 12.1 Å². The van der Waals surface area contributed by atoms with Gasteiger partial charge >= 0.3 is 0 Å². The first-order chi connectivity index (χ1) is 9.56. The largest absolute Gasteiger partial charge is 0.505 e. The number of hydrogen-bond donors (Lipinski definition) is 2. The van der Waals surface area contributed by atoms with E-state index in [0.29, 0.717) is 16.0 Å². The zero-order valence-corrected chi connectivity index (χ0v) is 10.9. The van der Waals surface area contributed by atoms with E-state index >= 15 is 0 Å². The van der Waals surface area contributed by atoms with Gasteiger partial charge in [-0.15, -0.1) is 0 Å². The monoisotopic (exact) mass is 289 g/mol. The Balaban J connectivity index is 2.36. The summed E-state index contributed by atoms with van der Waals surface area (Å²) in [6.07, 6.45) is 0. The molecule has 3 aromatic rings. The normalized spacial score (nSPS) is 10.9. The van der Waals surface area contributed by atoms with Gasteiger partial charge in [0.2, 0.25) is 0 Å². The van der Waals surface area contributed by atoms with Crippen LogP contribution in [-0.2, 0) is 0 Å². The minimum absolute atomic E-state index is 0.105. The summed E-state index contributed by atoms with van der Waals surface area (Å²) < 4.78 is 13.2. The van der Waals surface area contributed by atoms with Crippen molar-refractivity contribution in [1.82, 2.24) is 4.98 Å². The van der Waals surface area contributed by atoms with Gasteiger partial charge in [-0.05, 0) is 30.3 Å². The number of pyridine rings is 1. The molecule has 0 radical (unpaired) electrons. The highest BCUT2D eigenvalue weighted by molar-refractivity contribution is 6.30. The van der Waals surface area contributed by atoms with E-state index in [0.717, 1.165) is 6.07 Å². The molecule has 0 bridgehead atoms. The van der Waals surface area contributed by atoms with Crippen molar-refractivity contribution >= 4 is 22.4 Å². The number of benzene rings is 2. The summed E-state index contributed by atoms with van der Waals surface area (Å²) in [5.74, 6) is -0.639. The molecule has 0 unspecified atom stereocenters. The van der Waals surface area contributed by atoms with Crippen LogP contribution in [-0.4, -0.2) is 10.1 Å². The third-order valence-electron chi connectivity index (χ3n) is 3.07. The lowest BCUT2D eigenvalue weighted by Crippen LogP contribution is -2.08. The van der Waals surface area contributed by atoms with Crippen molar-refractivity contribution in [1.29, 1.82) is 0 Å². The van der Waals surface area contributed by atoms with E-state index in [2.05, 4.69) is 4.98 Å². The summed E-state index contributed by atoms with van der Waals surface area (Å²) in [6.45, 7) is 0. The molecule has 0 aliphatic heterocycles. The molecule has 0 atom stereocenters. The maximum atomic E-state index is 13.2. The SMILES string of the molecule is O=c1[nH]c(-c2cccc(Cl)c2)c(O)c2ccc(F)cc12. The number of rotatable bonds is 1. The molecular weight excluding hydrogens is 281 g/mol. The Hall–Kier alpha value is -2.33. The van der Waals surface area contributed by atoms with E-state index in [-0.39, 0.29) is 16.8 Å². The smallest absolute Gasteiger partial charge is 0.256 e. The van der Waals surface area contributed by atoms with Gasteiger partial charge < -0.3 is 10.1 Å². The van der Waals surface area contributed by atoms with E-state index in [4.69, 9.17) is 11.6 Å². The number of halogens is 2. The Kier molecular flexibility index (Phi) is 2.95. The first-order valence-electron chi connectivity index (χ1n) is 5.87. The number of nitrogens with one attached hydrogen (secondary N) is 1. The highest BCUT2D eigenvalue weighted by atomic mass is 35.5. The lowest BCUT2D eigenvalue weighted by Gasteiger charge is -2.08. The van der Waals surface area contributed by atoms with Crippen LogP contribution < -0.4 is 5.56 Å². The van der Waals surface area contributed by atoms with Crippen molar-refractivity contribution in [2.75, 3.05) is 0 Å². The molecule has 2 aromatic carbocycles. The standard InChI is InChI=1S/C15H9ClFNO2/c16-9-3-1-2-8(6-9)13-14(19)11-5-4-10(17)7-12(11)15(20)18-13/h1-7,19H,(H,18,20). The zero-order chi connectivity index (χ0) is 14.3. The Bertz CT molecular complexity index is 873. The highest BCUT2D eigenvalue weighted by Gasteiger charge is 2.13. The van der Waals surface area contributed by atoms with Gasteiger partial charge in [-0.25, -0.2) is 4.39 Å². The van der Waals surface area contributed by atoms with Crippen molar-refractivity contribution in [2.24, 2.45) is 0 Å². The van der Waals surface area contributed by atoms with Crippen molar-refractivity contribution in [3.8, 4) is 17.0 Å². The number of fused-ring (bicyclic) bond motifs is 1. The van der Waals surface area contributed by atoms with Crippen LogP contribution in [0.1, 0.15) is 0 Å². The molecule has 0 spiro atoms. The molecule has 1 aromatic heterocycles. The van der Waals surface area contributed by atoms with Gasteiger partial charge in [-0.3, -0.25) is 4.79 Å². The predicted octanol–water partition coefficient (Wildman–Crippen LogP) is 3.69. The molecule has 0 aliphatic rings. The number of aromatic hydroxyl groups is 1. The van der Waals surface area contributed by atoms with Crippen LogP contribution in [0.3, 0.4) is 0 Å². The van der Waals surface area contributed by atoms with Crippen LogP contribution in [0.25, 0.3) is 22.0 Å². The van der Waals surface area contributed by atoms with Crippen molar-refractivity contribution in [2.45, 2.75) is 0 Å². The fraction of sp³-hybridized carbons (Fsp3) is 0. The molecule has 1 heterocycles. The summed E-state index contributed by atoms with van der Waals surface area (Å²) >= 11 is 5.90. The molecule has 100 valence electrons. The Morgan fingerprint density at radius 2 is 1.90 bits per heavy atom. The van der Waals surface area contributed by atoms with Crippen LogP contribution in [0, 0.1) is 5.82 Å². The van der Waals surface area contributed by atoms with Crippen molar-refractivity contribution < 1.29 is 9.50 Å². The fourth-order valence-electron chi connectivity index (χ4n) is 2.14. The molecule has 0 amide bonds. The summed E-state index contributed by atoms with van der Waals surface area (Å²) in [4.78, 5) is 14.6. The molecule has 3 rings (SSSR count). The lowest BCUT2D eigenvalue weighted by molar-refractivity contribution is 0.481. The van der Waals surface area contributed by atoms with Crippen LogP contribution in [0.2, 0.25) is 5.02 Å². The molecule has 5 heteroatoms. The lowest BCUT2D eigenvalue weighted by atomic mass is 10.1. The maximum Gasteiger partial charge on any atom is 0.256 e. The maximum absolute atomic E-state index is 13.2. The van der Waals surface area contributed by atoms with E-state index in [1.807, 2.05) is 0 Å². The number of H-pyrrole nitrogens is 1. The Morgan fingerprint density at radius 3 is 2.65 bits per heavy atom. The van der Waals surface area contributed by atoms with Gasteiger partial charge in [0.1, 0.15) is 11.6 Å². The predicted molar refractivity (Wildman–Crippen MR) is 76.6 cm³/mol. The van der Waals surface area contributed by atoms with E-state index in [1.54, 1.807) is 24.3 Å². The second kappa shape index (κ2) is 4.65. The van der Waals surface area contributed by atoms with Crippen molar-refractivity contribution in [3.63, 3.8) is 0 Å². The molecule has 0 saturated heterocycles. The molecule has 2 N–H and O–H groups in total. The first kappa shape index (κ1) is 12.7. The van der Waals surface area contributed by atoms with Crippen LogP contribution >= 0.6 is 11.6 Å². The van der Waals surface area contributed by atoms with E-state index < -0.39 is 11.4 Å². The first-order valence-corrected chi connectivity index (χ1v) is 6.24. The average Bonchev–Trinajstić information content (AvgIpc) is 2.42. The second-order valence-electron chi connectivity index (χ2n) is 4.38. The third-order valence-corrected chi connectivity index (χ3v) is 3.31. The number of aromatic nitrogens is 1. The van der Waals surface area contributed by atoms with Gasteiger partial charge in [0.15, 0.2) is 0 Å². The molecule has 3 nitrogen and oxygen atoms in total. The minimum atomic E-state index is -0.530. The highest BCUT2D eigenvalue weighted by Crippen LogP contribution is 2.33. The minimum Gasteiger partial charge on any atom is -0.505 e. The summed E-state index contributed by atoms with van der Waals surface area (Å²) in [5.41, 5.74) is 0.377. The molecule has 0 saturated carbocycles. The van der Waals surface area contributed by atoms with Crippen molar-refractivity contribution in [3.05, 3.63) is 63.7 Å². The summed E-state index contributed by atoms with van der Waals surface area (Å²) in [7, 11) is 0. The Labute approximate surface area is 118 Å². The third kappa shape index (κ3) is 2.04. The van der Waals surface area contributed by atoms with Gasteiger partial charge in [0, 0.05) is 16.0 Å². The average molecular weight is 290 g/mol. The van der Waals surface area contributed by atoms with Gasteiger partial charge in [0.25, 0.3) is 5.56 Å². The number of aromatic amines is 1. The van der Waals surface area contributed by atoms with Gasteiger partial charge in [-0.2, -0.15) is 0 Å².